The number of aliphatic hydroxyl groups excluding tert-OH is 1. The number of carbonyl (C=O) groups excluding carboxylic acids is 1. The van der Waals surface area contributed by atoms with Gasteiger partial charge in [0.2, 0.25) is 0 Å². The van der Waals surface area contributed by atoms with E-state index in [2.05, 4.69) is 40.0 Å². The SMILES string of the molecule is CCOC(=O)C1(c2ccccc2)CCN(CCN2CCOCC2)CC1.CN1CC[C@]23c4c5ccc(O)c4O[C@H]2[C@@H](O)C=C[C@H]3[C@H]1C5. The van der Waals surface area contributed by atoms with Crippen LogP contribution in [0.5, 0.6) is 11.5 Å². The van der Waals surface area contributed by atoms with Gasteiger partial charge in [-0.05, 0) is 76.5 Å². The minimum absolute atomic E-state index is 0.0611. The molecule has 2 aliphatic carbocycles. The van der Waals surface area contributed by atoms with Crippen molar-refractivity contribution in [3.05, 3.63) is 71.3 Å². The number of benzene rings is 2. The van der Waals surface area contributed by atoms with Crippen LogP contribution in [0.3, 0.4) is 0 Å². The zero-order valence-corrected chi connectivity index (χ0v) is 27.3. The summed E-state index contributed by atoms with van der Waals surface area (Å²) < 4.78 is 16.9. The molecular weight excluding hydrogens is 582 g/mol. The lowest BCUT2D eigenvalue weighted by molar-refractivity contribution is -0.152. The summed E-state index contributed by atoms with van der Waals surface area (Å²) in [4.78, 5) is 20.2. The Kier molecular flexibility index (Phi) is 8.89. The molecule has 0 aromatic heterocycles. The van der Waals surface area contributed by atoms with Crippen LogP contribution >= 0.6 is 0 Å². The molecule has 3 fully saturated rings. The van der Waals surface area contributed by atoms with Gasteiger partial charge in [-0.1, -0.05) is 48.6 Å². The van der Waals surface area contributed by atoms with Crippen LogP contribution in [0.2, 0.25) is 0 Å². The molecule has 2 N–H and O–H groups in total. The summed E-state index contributed by atoms with van der Waals surface area (Å²) in [6, 6.07) is 14.4. The van der Waals surface area contributed by atoms with Crippen molar-refractivity contribution in [3.8, 4) is 11.5 Å². The van der Waals surface area contributed by atoms with E-state index in [1.165, 1.54) is 11.1 Å². The van der Waals surface area contributed by atoms with Crippen molar-refractivity contribution >= 4 is 5.97 Å². The van der Waals surface area contributed by atoms with Gasteiger partial charge >= 0.3 is 5.97 Å². The van der Waals surface area contributed by atoms with Crippen LogP contribution in [0.15, 0.2) is 54.6 Å². The number of likely N-dealkylation sites (tertiary alicyclic amines) is 2. The van der Waals surface area contributed by atoms with Crippen molar-refractivity contribution in [2.75, 3.05) is 72.7 Å². The second-order valence-electron chi connectivity index (χ2n) is 13.9. The largest absolute Gasteiger partial charge is 0.504 e. The third kappa shape index (κ3) is 5.34. The number of phenols is 1. The van der Waals surface area contributed by atoms with Crippen molar-refractivity contribution in [2.45, 2.75) is 61.7 Å². The monoisotopic (exact) mass is 631 g/mol. The molecule has 4 heterocycles. The van der Waals surface area contributed by atoms with Crippen LogP contribution in [-0.4, -0.2) is 122 Å². The molecular formula is C37H49N3O6. The Balaban J connectivity index is 0.000000149. The standard InChI is InChI=1S/C20H30N2O3.C17H19NO3/c1-2-25-19(23)20(18-6-4-3-5-7-18)8-10-21(11-9-20)12-13-22-14-16-24-17-15-22;1-18-7-6-17-10-3-5-13(20)16(17)21-15-12(19)4-2-9(14(15)17)8-11(10)18/h3-7H,2,8-17H2,1H3;2-5,10-11,13,16,19-20H,6-8H2,1H3/t;10-,11+,13-,16-,17-/m.0/s1. The fourth-order valence-electron chi connectivity index (χ4n) is 9.14. The number of rotatable bonds is 6. The third-order valence-electron chi connectivity index (χ3n) is 11.7. The lowest BCUT2D eigenvalue weighted by Crippen LogP contribution is -2.64. The van der Waals surface area contributed by atoms with Crippen molar-refractivity contribution < 1.29 is 29.2 Å². The number of hydrogen-bond donors (Lipinski definition) is 2. The maximum absolute atomic E-state index is 12.8. The first-order valence-electron chi connectivity index (χ1n) is 17.2. The molecule has 0 unspecified atom stereocenters. The number of aliphatic hydroxyl groups is 1. The number of likely N-dealkylation sites (N-methyl/N-ethyl adjacent to an activating group) is 1. The highest BCUT2D eigenvalue weighted by Crippen LogP contribution is 2.62. The average Bonchev–Trinajstić information content (AvgIpc) is 3.45. The highest BCUT2D eigenvalue weighted by Gasteiger charge is 2.64. The number of esters is 1. The summed E-state index contributed by atoms with van der Waals surface area (Å²) in [7, 11) is 2.19. The van der Waals surface area contributed by atoms with E-state index in [1.807, 2.05) is 37.3 Å². The van der Waals surface area contributed by atoms with Crippen molar-refractivity contribution in [1.29, 1.82) is 0 Å². The summed E-state index contributed by atoms with van der Waals surface area (Å²) in [5.74, 6) is 1.13. The second-order valence-corrected chi connectivity index (χ2v) is 13.9. The molecule has 0 amide bonds. The Bertz CT molecular complexity index is 1420. The molecule has 248 valence electrons. The molecule has 46 heavy (non-hydrogen) atoms. The topological polar surface area (TPSA) is 94.9 Å². The number of nitrogens with zero attached hydrogens (tertiary/aromatic N) is 3. The van der Waals surface area contributed by atoms with Crippen LogP contribution in [0.4, 0.5) is 0 Å². The maximum atomic E-state index is 12.8. The molecule has 2 bridgehead atoms. The van der Waals surface area contributed by atoms with E-state index in [-0.39, 0.29) is 23.2 Å². The fourth-order valence-corrected chi connectivity index (χ4v) is 9.14. The zero-order valence-electron chi connectivity index (χ0n) is 27.3. The third-order valence-corrected chi connectivity index (χ3v) is 11.7. The van der Waals surface area contributed by atoms with E-state index in [0.29, 0.717) is 24.3 Å². The van der Waals surface area contributed by atoms with Gasteiger partial charge < -0.3 is 34.2 Å². The highest BCUT2D eigenvalue weighted by atomic mass is 16.5. The summed E-state index contributed by atoms with van der Waals surface area (Å²) in [5, 5.41) is 20.6. The van der Waals surface area contributed by atoms with E-state index >= 15 is 0 Å². The zero-order chi connectivity index (χ0) is 31.9. The molecule has 9 heteroatoms. The molecule has 9 nitrogen and oxygen atoms in total. The summed E-state index contributed by atoms with van der Waals surface area (Å²) in [5.41, 5.74) is 2.91. The van der Waals surface area contributed by atoms with Gasteiger partial charge in [-0.25, -0.2) is 0 Å². The van der Waals surface area contributed by atoms with Gasteiger partial charge in [0.15, 0.2) is 11.5 Å². The minimum atomic E-state index is -0.594. The predicted octanol–water partition coefficient (Wildman–Crippen LogP) is 3.11. The summed E-state index contributed by atoms with van der Waals surface area (Å²) >= 11 is 0. The lowest BCUT2D eigenvalue weighted by atomic mass is 9.53. The number of carbonyl (C=O) groups is 1. The molecule has 3 saturated heterocycles. The summed E-state index contributed by atoms with van der Waals surface area (Å²) in [6.07, 6.45) is 6.84. The van der Waals surface area contributed by atoms with Crippen molar-refractivity contribution in [3.63, 3.8) is 0 Å². The lowest BCUT2D eigenvalue weighted by Gasteiger charge is -2.56. The molecule has 8 rings (SSSR count). The Morgan fingerprint density at radius 3 is 2.39 bits per heavy atom. The van der Waals surface area contributed by atoms with Gasteiger partial charge in [-0.2, -0.15) is 0 Å². The molecule has 2 aromatic rings. The molecule has 5 atom stereocenters. The van der Waals surface area contributed by atoms with Crippen LogP contribution in [0, 0.1) is 5.92 Å². The van der Waals surface area contributed by atoms with E-state index in [1.54, 1.807) is 6.07 Å². The van der Waals surface area contributed by atoms with E-state index in [4.69, 9.17) is 14.2 Å². The molecule has 0 radical (unpaired) electrons. The average molecular weight is 632 g/mol. The van der Waals surface area contributed by atoms with Gasteiger partial charge in [0, 0.05) is 49.1 Å². The summed E-state index contributed by atoms with van der Waals surface area (Å²) in [6.45, 7) is 11.1. The smallest absolute Gasteiger partial charge is 0.316 e. The number of phenolic OH excluding ortho intramolecular Hbond substituents is 1. The first kappa shape index (κ1) is 31.6. The van der Waals surface area contributed by atoms with E-state index in [0.717, 1.165) is 90.3 Å². The van der Waals surface area contributed by atoms with Gasteiger partial charge in [0.25, 0.3) is 0 Å². The Morgan fingerprint density at radius 1 is 0.957 bits per heavy atom. The molecule has 2 aromatic carbocycles. The Morgan fingerprint density at radius 2 is 1.67 bits per heavy atom. The van der Waals surface area contributed by atoms with Crippen LogP contribution in [0.25, 0.3) is 0 Å². The van der Waals surface area contributed by atoms with Crippen LogP contribution < -0.4 is 4.74 Å². The number of hydrogen-bond acceptors (Lipinski definition) is 9. The van der Waals surface area contributed by atoms with Gasteiger partial charge in [0.1, 0.15) is 12.2 Å². The predicted molar refractivity (Wildman–Crippen MR) is 175 cm³/mol. The second kappa shape index (κ2) is 12.9. The van der Waals surface area contributed by atoms with Crippen molar-refractivity contribution in [1.82, 2.24) is 14.7 Å². The molecule has 0 saturated carbocycles. The highest BCUT2D eigenvalue weighted by molar-refractivity contribution is 5.83. The van der Waals surface area contributed by atoms with Gasteiger partial charge in [0.05, 0.1) is 25.2 Å². The molecule has 1 spiro atoms. The van der Waals surface area contributed by atoms with Crippen molar-refractivity contribution in [2.24, 2.45) is 5.92 Å². The van der Waals surface area contributed by atoms with E-state index in [9.17, 15) is 15.0 Å². The number of piperidine rings is 2. The van der Waals surface area contributed by atoms with E-state index < -0.39 is 11.5 Å². The Hall–Kier alpha value is -2.95. The van der Waals surface area contributed by atoms with Crippen LogP contribution in [0.1, 0.15) is 42.9 Å². The van der Waals surface area contributed by atoms with Crippen LogP contribution in [-0.2, 0) is 31.5 Å². The fraction of sp³-hybridized carbons (Fsp3) is 0.595. The number of morpholine rings is 1. The molecule has 6 aliphatic rings. The number of ether oxygens (including phenoxy) is 3. The first-order chi connectivity index (χ1) is 22.4. The normalized spacial score (nSPS) is 31.3. The quantitative estimate of drug-likeness (QED) is 0.369. The minimum Gasteiger partial charge on any atom is -0.504 e. The van der Waals surface area contributed by atoms with Gasteiger partial charge in [-0.3, -0.25) is 9.69 Å². The number of aromatic hydroxyl groups is 1. The van der Waals surface area contributed by atoms with Gasteiger partial charge in [-0.15, -0.1) is 0 Å². The molecule has 4 aliphatic heterocycles. The maximum Gasteiger partial charge on any atom is 0.316 e. The first-order valence-corrected chi connectivity index (χ1v) is 17.2. The Labute approximate surface area is 272 Å².